The molecule has 10 aromatic rings. The first kappa shape index (κ1) is 32.7. The first-order valence-electron chi connectivity index (χ1n) is 20.1. The van der Waals surface area contributed by atoms with E-state index in [2.05, 4.69) is 171 Å². The van der Waals surface area contributed by atoms with Gasteiger partial charge in [-0.3, -0.25) is 4.99 Å². The molecule has 1 aliphatic heterocycles. The molecule has 1 unspecified atom stereocenters. The van der Waals surface area contributed by atoms with Gasteiger partial charge >= 0.3 is 0 Å². The van der Waals surface area contributed by atoms with Crippen LogP contribution in [0.2, 0.25) is 0 Å². The highest BCUT2D eigenvalue weighted by Gasteiger charge is 2.32. The smallest absolute Gasteiger partial charge is 0.135 e. The standard InChI is InChI=1S/C54H37NOS/c1-2-32-31-45(55-53(34-15-4-3-5-16-34)43-25-24-33-14-6-9-19-37(33)49(32)43)40-27-26-39(54-51(40)42-21-11-13-23-48(42)57-54)44-30-35-17-7-8-18-36(35)38-28-29-47-52(50(38)44)41-20-10-12-22-46(41)56-47/h3-29,44H,2,30-31H2,1H3. The fraction of sp³-hybridized carbons (Fsp3) is 0.0926. The number of fused-ring (bicyclic) bond motifs is 13. The number of hydrogen-bond acceptors (Lipinski definition) is 3. The van der Waals surface area contributed by atoms with Crippen LogP contribution in [0.1, 0.15) is 53.5 Å². The number of thiophene rings is 1. The molecule has 57 heavy (non-hydrogen) atoms. The van der Waals surface area contributed by atoms with E-state index < -0.39 is 0 Å². The molecule has 0 fully saturated rings. The van der Waals surface area contributed by atoms with Gasteiger partial charge in [-0.2, -0.15) is 0 Å². The summed E-state index contributed by atoms with van der Waals surface area (Å²) in [6, 6.07) is 60.0. The second-order valence-electron chi connectivity index (χ2n) is 15.5. The molecule has 270 valence electrons. The zero-order valence-electron chi connectivity index (χ0n) is 31.6. The quantitative estimate of drug-likeness (QED) is 0.176. The van der Waals surface area contributed by atoms with Crippen LogP contribution >= 0.6 is 11.3 Å². The summed E-state index contributed by atoms with van der Waals surface area (Å²) in [7, 11) is 0. The zero-order chi connectivity index (χ0) is 37.6. The Labute approximate surface area is 334 Å². The molecule has 12 rings (SSSR count). The first-order chi connectivity index (χ1) is 28.2. The average Bonchev–Trinajstić information content (AvgIpc) is 3.80. The third-order valence-corrected chi connectivity index (χ3v) is 13.8. The van der Waals surface area contributed by atoms with Crippen molar-refractivity contribution in [3.8, 4) is 11.1 Å². The predicted molar refractivity (Wildman–Crippen MR) is 241 cm³/mol. The van der Waals surface area contributed by atoms with Crippen molar-refractivity contribution in [2.75, 3.05) is 0 Å². The highest BCUT2D eigenvalue weighted by atomic mass is 32.1. The van der Waals surface area contributed by atoms with Crippen LogP contribution in [0.3, 0.4) is 0 Å². The van der Waals surface area contributed by atoms with Crippen molar-refractivity contribution in [3.63, 3.8) is 0 Å². The predicted octanol–water partition coefficient (Wildman–Crippen LogP) is 13.1. The number of aliphatic imine (C=N–C) groups is 1. The third-order valence-electron chi connectivity index (χ3n) is 12.5. The lowest BCUT2D eigenvalue weighted by Gasteiger charge is -2.29. The Morgan fingerprint density at radius 3 is 2.26 bits per heavy atom. The van der Waals surface area contributed by atoms with Crippen LogP contribution in [0.15, 0.2) is 173 Å². The molecule has 2 aliphatic rings. The van der Waals surface area contributed by atoms with Crippen molar-refractivity contribution in [1.82, 2.24) is 0 Å². The van der Waals surface area contributed by atoms with Crippen molar-refractivity contribution >= 4 is 81.2 Å². The van der Waals surface area contributed by atoms with Gasteiger partial charge in [0.2, 0.25) is 0 Å². The van der Waals surface area contributed by atoms with E-state index in [0.717, 1.165) is 47.4 Å². The number of nitrogens with zero attached hydrogens (tertiary/aromatic N) is 1. The lowest BCUT2D eigenvalue weighted by Crippen LogP contribution is -2.29. The number of benzene rings is 8. The lowest BCUT2D eigenvalue weighted by atomic mass is 9.73. The van der Waals surface area contributed by atoms with Crippen LogP contribution in [-0.4, -0.2) is 5.71 Å². The Kier molecular flexibility index (Phi) is 7.30. The Morgan fingerprint density at radius 1 is 0.614 bits per heavy atom. The monoisotopic (exact) mass is 747 g/mol. The van der Waals surface area contributed by atoms with Crippen molar-refractivity contribution < 1.29 is 4.42 Å². The van der Waals surface area contributed by atoms with Crippen molar-refractivity contribution in [2.45, 2.75) is 32.1 Å². The molecule has 0 saturated heterocycles. The molecule has 0 spiro atoms. The molecular formula is C54H37NOS. The summed E-state index contributed by atoms with van der Waals surface area (Å²) in [4.78, 5) is 5.78. The minimum atomic E-state index is 0.139. The van der Waals surface area contributed by atoms with Crippen LogP contribution < -0.4 is 10.4 Å². The summed E-state index contributed by atoms with van der Waals surface area (Å²) in [5.74, 6) is 0.139. The van der Waals surface area contributed by atoms with E-state index >= 15 is 0 Å². The molecule has 0 N–H and O–H groups in total. The summed E-state index contributed by atoms with van der Waals surface area (Å²) < 4.78 is 9.19. The topological polar surface area (TPSA) is 25.5 Å². The van der Waals surface area contributed by atoms with Crippen molar-refractivity contribution in [1.29, 1.82) is 0 Å². The minimum absolute atomic E-state index is 0.139. The van der Waals surface area contributed by atoms with Gasteiger partial charge in [-0.1, -0.05) is 158 Å². The van der Waals surface area contributed by atoms with Gasteiger partial charge in [-0.05, 0) is 74.8 Å². The Bertz CT molecular complexity index is 3460. The molecule has 0 radical (unpaired) electrons. The van der Waals surface area contributed by atoms with Crippen LogP contribution in [0.4, 0.5) is 0 Å². The molecule has 8 aromatic carbocycles. The number of furan rings is 1. The van der Waals surface area contributed by atoms with Crippen molar-refractivity contribution in [2.24, 2.45) is 4.99 Å². The van der Waals surface area contributed by atoms with Gasteiger partial charge in [-0.15, -0.1) is 11.3 Å². The number of rotatable bonds is 4. The normalized spacial score (nSPS) is 15.2. The average molecular weight is 748 g/mol. The van der Waals surface area contributed by atoms with Gasteiger partial charge in [0.1, 0.15) is 11.2 Å². The SMILES string of the molecule is CCC1=c2c(ccc3ccccc23)=C(c2ccccc2)N=C(c2ccc(C3Cc4ccccc4-c4ccc5oc6ccccc6c5c43)c3sc4ccccc4c23)C1. The fourth-order valence-corrected chi connectivity index (χ4v) is 11.3. The number of para-hydroxylation sites is 1. The van der Waals surface area contributed by atoms with E-state index in [9.17, 15) is 0 Å². The molecule has 2 aromatic heterocycles. The van der Waals surface area contributed by atoms with Gasteiger partial charge in [0.15, 0.2) is 0 Å². The second-order valence-corrected chi connectivity index (χ2v) is 16.6. The second kappa shape index (κ2) is 12.7. The minimum Gasteiger partial charge on any atom is -0.456 e. The maximum absolute atomic E-state index is 6.54. The van der Waals surface area contributed by atoms with Crippen LogP contribution in [0.5, 0.6) is 0 Å². The van der Waals surface area contributed by atoms with E-state index in [0.29, 0.717) is 0 Å². The summed E-state index contributed by atoms with van der Waals surface area (Å²) >= 11 is 1.93. The largest absolute Gasteiger partial charge is 0.456 e. The van der Waals surface area contributed by atoms with E-state index in [1.807, 2.05) is 11.3 Å². The Morgan fingerprint density at radius 2 is 1.37 bits per heavy atom. The molecule has 1 aliphatic carbocycles. The Hall–Kier alpha value is -6.55. The molecule has 0 saturated carbocycles. The third kappa shape index (κ3) is 4.92. The van der Waals surface area contributed by atoms with Gasteiger partial charge in [-0.25, -0.2) is 0 Å². The maximum Gasteiger partial charge on any atom is 0.135 e. The molecule has 2 nitrogen and oxygen atoms in total. The van der Waals surface area contributed by atoms with Gasteiger partial charge < -0.3 is 4.42 Å². The fourth-order valence-electron chi connectivity index (χ4n) is 10.00. The summed E-state index contributed by atoms with van der Waals surface area (Å²) in [5, 5.41) is 10.2. The summed E-state index contributed by atoms with van der Waals surface area (Å²) in [6.45, 7) is 2.31. The Balaban J connectivity index is 1.15. The van der Waals surface area contributed by atoms with Gasteiger partial charge in [0, 0.05) is 59.6 Å². The highest BCUT2D eigenvalue weighted by molar-refractivity contribution is 7.26. The van der Waals surface area contributed by atoms with Crippen molar-refractivity contribution in [3.05, 3.63) is 202 Å². The molecule has 3 heteroatoms. The molecule has 0 amide bonds. The molecule has 3 heterocycles. The molecule has 1 atom stereocenters. The van der Waals surface area contributed by atoms with Crippen LogP contribution in [0.25, 0.3) is 75.3 Å². The van der Waals surface area contributed by atoms with E-state index in [-0.39, 0.29) is 5.92 Å². The van der Waals surface area contributed by atoms with E-state index in [4.69, 9.17) is 9.41 Å². The highest BCUT2D eigenvalue weighted by Crippen LogP contribution is 2.51. The van der Waals surface area contributed by atoms with Gasteiger partial charge in [0.25, 0.3) is 0 Å². The van der Waals surface area contributed by atoms with Crippen LogP contribution in [-0.2, 0) is 6.42 Å². The summed E-state index contributed by atoms with van der Waals surface area (Å²) in [6.07, 6.45) is 2.65. The zero-order valence-corrected chi connectivity index (χ0v) is 32.4. The summed E-state index contributed by atoms with van der Waals surface area (Å²) in [5.41, 5.74) is 14.6. The van der Waals surface area contributed by atoms with E-state index in [1.165, 1.54) is 91.1 Å². The maximum atomic E-state index is 6.54. The van der Waals surface area contributed by atoms with Gasteiger partial charge in [0.05, 0.1) is 11.4 Å². The molecule has 0 bridgehead atoms. The van der Waals surface area contributed by atoms with Crippen LogP contribution in [0, 0.1) is 0 Å². The number of hydrogen-bond donors (Lipinski definition) is 0. The van der Waals surface area contributed by atoms with E-state index in [1.54, 1.807) is 0 Å². The molecular weight excluding hydrogens is 711 g/mol. The lowest BCUT2D eigenvalue weighted by molar-refractivity contribution is 0.668. The first-order valence-corrected chi connectivity index (χ1v) is 20.9.